The molecule has 1 saturated heterocycles. The number of thioether (sulfide) groups is 1. The summed E-state index contributed by atoms with van der Waals surface area (Å²) in [6.07, 6.45) is 0.119. The average molecular weight is 324 g/mol. The fourth-order valence-corrected chi connectivity index (χ4v) is 2.75. The smallest absolute Gasteiger partial charge is 0.340 e. The van der Waals surface area contributed by atoms with Gasteiger partial charge in [0.1, 0.15) is 0 Å². The van der Waals surface area contributed by atoms with Crippen molar-refractivity contribution in [2.45, 2.75) is 11.7 Å². The van der Waals surface area contributed by atoms with Gasteiger partial charge in [-0.2, -0.15) is 0 Å². The minimum absolute atomic E-state index is 0.113. The largest absolute Gasteiger partial charge is 0.435 e. The summed E-state index contributed by atoms with van der Waals surface area (Å²) in [4.78, 5) is 34.8. The van der Waals surface area contributed by atoms with Crippen LogP contribution in [0.1, 0.15) is 16.8 Å². The molecule has 0 radical (unpaired) electrons. The number of carbonyl (C=O) groups excluding carboxylic acids is 3. The van der Waals surface area contributed by atoms with Crippen LogP contribution < -0.4 is 10.6 Å². The minimum Gasteiger partial charge on any atom is -0.435 e. The van der Waals surface area contributed by atoms with Gasteiger partial charge in [-0.05, 0) is 24.3 Å². The summed E-state index contributed by atoms with van der Waals surface area (Å²) < 4.78 is 9.45. The molecule has 1 heterocycles. The van der Waals surface area contributed by atoms with Gasteiger partial charge in [0.2, 0.25) is 11.8 Å². The van der Waals surface area contributed by atoms with E-state index in [2.05, 4.69) is 15.4 Å². The van der Waals surface area contributed by atoms with Crippen LogP contribution in [0.3, 0.4) is 0 Å². The lowest BCUT2D eigenvalue weighted by atomic mass is 10.2. The summed E-state index contributed by atoms with van der Waals surface area (Å²) in [6, 6.07) is 6.29. The molecule has 22 heavy (non-hydrogen) atoms. The van der Waals surface area contributed by atoms with Crippen molar-refractivity contribution in [2.75, 3.05) is 25.1 Å². The third-order valence-corrected chi connectivity index (χ3v) is 4.00. The number of esters is 1. The second kappa shape index (κ2) is 7.81. The lowest BCUT2D eigenvalue weighted by molar-refractivity contribution is -0.123. The van der Waals surface area contributed by atoms with Crippen LogP contribution in [0.25, 0.3) is 0 Å². The van der Waals surface area contributed by atoms with E-state index in [1.165, 1.54) is 18.9 Å². The summed E-state index contributed by atoms with van der Waals surface area (Å²) in [7, 11) is 1.43. The second-order valence-corrected chi connectivity index (χ2v) is 5.70. The van der Waals surface area contributed by atoms with Gasteiger partial charge in [-0.25, -0.2) is 4.79 Å². The van der Waals surface area contributed by atoms with Gasteiger partial charge in [-0.15, -0.1) is 11.8 Å². The predicted octanol–water partition coefficient (Wildman–Crippen LogP) is 0.965. The molecule has 1 aliphatic rings. The van der Waals surface area contributed by atoms with Crippen molar-refractivity contribution >= 4 is 35.2 Å². The van der Waals surface area contributed by atoms with Crippen molar-refractivity contribution in [1.82, 2.24) is 5.32 Å². The Bertz CT molecular complexity index is 561. The molecule has 1 aliphatic heterocycles. The molecule has 0 aliphatic carbocycles. The van der Waals surface area contributed by atoms with E-state index in [1.54, 1.807) is 24.3 Å². The molecular formula is C14H16N2O5S. The Balaban J connectivity index is 1.86. The molecule has 1 aromatic carbocycles. The zero-order chi connectivity index (χ0) is 15.9. The van der Waals surface area contributed by atoms with E-state index in [9.17, 15) is 14.4 Å². The molecular weight excluding hydrogens is 308 g/mol. The van der Waals surface area contributed by atoms with Crippen LogP contribution in [0.5, 0.6) is 0 Å². The molecule has 2 N–H and O–H groups in total. The Morgan fingerprint density at radius 2 is 2.09 bits per heavy atom. The standard InChI is InChI=1S/C14H16N2O5S/c1-20-8-21-14(19)9-2-4-10(5-3-9)16-12(17)6-11-13(18)15-7-22-11/h2-5,11H,6-8H2,1H3,(H,15,18)(H,16,17). The topological polar surface area (TPSA) is 93.7 Å². The van der Waals surface area contributed by atoms with E-state index in [-0.39, 0.29) is 30.3 Å². The molecule has 1 atom stereocenters. The molecule has 2 rings (SSSR count). The van der Waals surface area contributed by atoms with Crippen LogP contribution in [0.2, 0.25) is 0 Å². The monoisotopic (exact) mass is 324 g/mol. The van der Waals surface area contributed by atoms with E-state index in [0.717, 1.165) is 0 Å². The molecule has 0 aromatic heterocycles. The molecule has 8 heteroatoms. The quantitative estimate of drug-likeness (QED) is 0.598. The first-order valence-electron chi connectivity index (χ1n) is 6.55. The van der Waals surface area contributed by atoms with Crippen LogP contribution in [-0.4, -0.2) is 42.8 Å². The van der Waals surface area contributed by atoms with E-state index < -0.39 is 5.97 Å². The molecule has 0 saturated carbocycles. The molecule has 1 fully saturated rings. The van der Waals surface area contributed by atoms with Gasteiger partial charge >= 0.3 is 5.97 Å². The SMILES string of the molecule is COCOC(=O)c1ccc(NC(=O)CC2SCNC2=O)cc1. The first-order valence-corrected chi connectivity index (χ1v) is 7.60. The Labute approximate surface area is 131 Å². The van der Waals surface area contributed by atoms with Gasteiger partial charge < -0.3 is 20.1 Å². The summed E-state index contributed by atoms with van der Waals surface area (Å²) >= 11 is 1.41. The molecule has 7 nitrogen and oxygen atoms in total. The summed E-state index contributed by atoms with van der Waals surface area (Å²) in [5.41, 5.74) is 0.914. The first kappa shape index (κ1) is 16.3. The Morgan fingerprint density at radius 3 is 2.68 bits per heavy atom. The van der Waals surface area contributed by atoms with Gasteiger partial charge in [0, 0.05) is 19.2 Å². The lowest BCUT2D eigenvalue weighted by Crippen LogP contribution is -2.26. The highest BCUT2D eigenvalue weighted by atomic mass is 32.2. The number of anilines is 1. The molecule has 118 valence electrons. The van der Waals surface area contributed by atoms with Gasteiger partial charge in [-0.3, -0.25) is 9.59 Å². The number of methoxy groups -OCH3 is 1. The molecule has 1 aromatic rings. The second-order valence-electron chi connectivity index (χ2n) is 4.51. The molecule has 0 spiro atoms. The van der Waals surface area contributed by atoms with Crippen molar-refractivity contribution in [3.63, 3.8) is 0 Å². The van der Waals surface area contributed by atoms with Crippen molar-refractivity contribution in [3.05, 3.63) is 29.8 Å². The summed E-state index contributed by atoms with van der Waals surface area (Å²) in [6.45, 7) is -0.113. The minimum atomic E-state index is -0.501. The normalized spacial score (nSPS) is 17.0. The van der Waals surface area contributed by atoms with Crippen molar-refractivity contribution in [1.29, 1.82) is 0 Å². The third kappa shape index (κ3) is 4.47. The highest BCUT2D eigenvalue weighted by Crippen LogP contribution is 2.20. The first-order chi connectivity index (χ1) is 10.6. The van der Waals surface area contributed by atoms with Crippen LogP contribution in [0.15, 0.2) is 24.3 Å². The van der Waals surface area contributed by atoms with E-state index in [4.69, 9.17) is 4.74 Å². The number of amides is 2. The highest BCUT2D eigenvalue weighted by molar-refractivity contribution is 8.01. The molecule has 1 unspecified atom stereocenters. The Hall–Kier alpha value is -2.06. The van der Waals surface area contributed by atoms with E-state index in [1.807, 2.05) is 0 Å². The van der Waals surface area contributed by atoms with Gasteiger partial charge in [-0.1, -0.05) is 0 Å². The van der Waals surface area contributed by atoms with Gasteiger partial charge in [0.05, 0.1) is 16.7 Å². The van der Waals surface area contributed by atoms with Crippen LogP contribution in [0.4, 0.5) is 5.69 Å². The van der Waals surface area contributed by atoms with Crippen molar-refractivity contribution in [2.24, 2.45) is 0 Å². The number of hydrogen-bond acceptors (Lipinski definition) is 6. The Morgan fingerprint density at radius 1 is 1.36 bits per heavy atom. The fraction of sp³-hybridized carbons (Fsp3) is 0.357. The van der Waals surface area contributed by atoms with E-state index >= 15 is 0 Å². The Kier molecular flexibility index (Phi) is 5.79. The number of carbonyl (C=O) groups is 3. The maximum atomic E-state index is 11.9. The zero-order valence-corrected chi connectivity index (χ0v) is 12.8. The molecule has 2 amide bonds. The maximum absolute atomic E-state index is 11.9. The van der Waals surface area contributed by atoms with Gasteiger partial charge in [0.25, 0.3) is 0 Å². The van der Waals surface area contributed by atoms with Crippen molar-refractivity contribution < 1.29 is 23.9 Å². The number of nitrogens with one attached hydrogen (secondary N) is 2. The summed E-state index contributed by atoms with van der Waals surface area (Å²) in [5, 5.41) is 5.00. The number of rotatable bonds is 6. The average Bonchev–Trinajstić information content (AvgIpc) is 2.90. The van der Waals surface area contributed by atoms with Gasteiger partial charge in [0.15, 0.2) is 6.79 Å². The lowest BCUT2D eigenvalue weighted by Gasteiger charge is -2.08. The van der Waals surface area contributed by atoms with Crippen LogP contribution in [0, 0.1) is 0 Å². The third-order valence-electron chi connectivity index (χ3n) is 2.91. The number of benzene rings is 1. The highest BCUT2D eigenvalue weighted by Gasteiger charge is 2.27. The zero-order valence-electron chi connectivity index (χ0n) is 12.0. The molecule has 0 bridgehead atoms. The number of hydrogen-bond donors (Lipinski definition) is 2. The van der Waals surface area contributed by atoms with E-state index in [0.29, 0.717) is 17.1 Å². The fourth-order valence-electron chi connectivity index (χ4n) is 1.82. The number of ether oxygens (including phenoxy) is 2. The predicted molar refractivity (Wildman–Crippen MR) is 81.4 cm³/mol. The summed E-state index contributed by atoms with van der Waals surface area (Å²) in [5.74, 6) is -0.325. The van der Waals surface area contributed by atoms with Crippen LogP contribution >= 0.6 is 11.8 Å². The van der Waals surface area contributed by atoms with Crippen LogP contribution in [-0.2, 0) is 19.1 Å². The van der Waals surface area contributed by atoms with Crippen molar-refractivity contribution in [3.8, 4) is 0 Å². The maximum Gasteiger partial charge on any atom is 0.340 e.